The Bertz CT molecular complexity index is 785. The Balaban J connectivity index is 2.31. The Morgan fingerprint density at radius 3 is 2.41 bits per heavy atom. The van der Waals surface area contributed by atoms with Gasteiger partial charge in [-0.1, -0.05) is 61.0 Å². The van der Waals surface area contributed by atoms with Crippen LogP contribution >= 0.6 is 0 Å². The number of aryl methyl sites for hydroxylation is 2. The fourth-order valence-corrected chi connectivity index (χ4v) is 3.28. The number of likely N-dealkylation sites (N-methyl/N-ethyl adjacent to an activating group) is 1. The van der Waals surface area contributed by atoms with Crippen LogP contribution in [0.2, 0.25) is 0 Å². The third-order valence-electron chi connectivity index (χ3n) is 4.78. The van der Waals surface area contributed by atoms with Crippen LogP contribution in [0.1, 0.15) is 42.5 Å². The van der Waals surface area contributed by atoms with Crippen molar-refractivity contribution in [2.45, 2.75) is 53.1 Å². The van der Waals surface area contributed by atoms with E-state index < -0.39 is 6.04 Å². The van der Waals surface area contributed by atoms with Gasteiger partial charge in [0.05, 0.1) is 6.42 Å². The van der Waals surface area contributed by atoms with Crippen LogP contribution in [-0.4, -0.2) is 29.3 Å². The van der Waals surface area contributed by atoms with E-state index in [1.807, 2.05) is 76.2 Å². The van der Waals surface area contributed by atoms with Gasteiger partial charge in [-0.15, -0.1) is 0 Å². The predicted octanol–water partition coefficient (Wildman–Crippen LogP) is 3.79. The van der Waals surface area contributed by atoms with Gasteiger partial charge in [-0.3, -0.25) is 9.59 Å². The molecule has 1 atom stereocenters. The second kappa shape index (κ2) is 9.91. The number of nitrogens with zero attached hydrogens (tertiary/aromatic N) is 1. The number of nitrogens with one attached hydrogen (secondary N) is 1. The summed E-state index contributed by atoms with van der Waals surface area (Å²) in [6, 6.07) is 15.5. The molecule has 0 fully saturated rings. The van der Waals surface area contributed by atoms with Gasteiger partial charge in [0.25, 0.3) is 0 Å². The van der Waals surface area contributed by atoms with Crippen molar-refractivity contribution in [3.8, 4) is 0 Å². The zero-order valence-corrected chi connectivity index (χ0v) is 16.8. The highest BCUT2D eigenvalue weighted by molar-refractivity contribution is 5.88. The lowest BCUT2D eigenvalue weighted by Gasteiger charge is -2.31. The highest BCUT2D eigenvalue weighted by atomic mass is 16.2. The summed E-state index contributed by atoms with van der Waals surface area (Å²) >= 11 is 0. The molecule has 4 heteroatoms. The lowest BCUT2D eigenvalue weighted by atomic mass is 10.0. The van der Waals surface area contributed by atoms with E-state index in [2.05, 4.69) is 5.32 Å². The number of amides is 2. The molecule has 2 rings (SSSR count). The summed E-state index contributed by atoms with van der Waals surface area (Å²) in [4.78, 5) is 27.5. The van der Waals surface area contributed by atoms with E-state index in [0.717, 1.165) is 22.3 Å². The molecular formula is C23H30N2O2. The monoisotopic (exact) mass is 366 g/mol. The summed E-state index contributed by atoms with van der Waals surface area (Å²) in [5.74, 6) is -0.117. The van der Waals surface area contributed by atoms with Gasteiger partial charge in [-0.25, -0.2) is 0 Å². The number of hydrogen-bond donors (Lipinski definition) is 1. The van der Waals surface area contributed by atoms with Crippen molar-refractivity contribution < 1.29 is 9.59 Å². The number of carbonyl (C=O) groups is 2. The third-order valence-corrected chi connectivity index (χ3v) is 4.78. The Hall–Kier alpha value is -2.62. The van der Waals surface area contributed by atoms with Crippen LogP contribution in [0.5, 0.6) is 0 Å². The first kappa shape index (κ1) is 20.7. The zero-order valence-electron chi connectivity index (χ0n) is 16.8. The fourth-order valence-electron chi connectivity index (χ4n) is 3.28. The van der Waals surface area contributed by atoms with E-state index in [9.17, 15) is 9.59 Å². The second-order valence-corrected chi connectivity index (χ2v) is 6.93. The Morgan fingerprint density at radius 1 is 1.04 bits per heavy atom. The molecule has 1 N–H and O–H groups in total. The number of rotatable bonds is 8. The van der Waals surface area contributed by atoms with Crippen molar-refractivity contribution in [1.82, 2.24) is 10.2 Å². The minimum atomic E-state index is -0.470. The maximum atomic E-state index is 13.2. The summed E-state index contributed by atoms with van der Waals surface area (Å²) in [5.41, 5.74) is 4.29. The summed E-state index contributed by atoms with van der Waals surface area (Å²) in [7, 11) is 0. The Labute approximate surface area is 162 Å². The average molecular weight is 367 g/mol. The van der Waals surface area contributed by atoms with Crippen LogP contribution in [0.25, 0.3) is 0 Å². The van der Waals surface area contributed by atoms with Crippen LogP contribution < -0.4 is 5.32 Å². The summed E-state index contributed by atoms with van der Waals surface area (Å²) in [6.07, 6.45) is 0.876. The molecule has 0 saturated carbocycles. The van der Waals surface area contributed by atoms with E-state index in [1.165, 1.54) is 0 Å². The average Bonchev–Trinajstić information content (AvgIpc) is 2.63. The number of benzene rings is 2. The first-order valence-electron chi connectivity index (χ1n) is 9.63. The highest BCUT2D eigenvalue weighted by Crippen LogP contribution is 2.17. The fraction of sp³-hybridized carbons (Fsp3) is 0.391. The molecule has 2 aromatic rings. The van der Waals surface area contributed by atoms with E-state index in [1.54, 1.807) is 4.90 Å². The van der Waals surface area contributed by atoms with Gasteiger partial charge >= 0.3 is 0 Å². The van der Waals surface area contributed by atoms with E-state index >= 15 is 0 Å². The van der Waals surface area contributed by atoms with Crippen molar-refractivity contribution >= 4 is 11.8 Å². The SMILES string of the molecule is CCNC(=O)C(CC)N(Cc1ccccc1C)C(=O)Cc1cccc(C)c1. The molecule has 27 heavy (non-hydrogen) atoms. The summed E-state index contributed by atoms with van der Waals surface area (Å²) in [6.45, 7) is 8.89. The largest absolute Gasteiger partial charge is 0.355 e. The smallest absolute Gasteiger partial charge is 0.242 e. The predicted molar refractivity (Wildman–Crippen MR) is 109 cm³/mol. The van der Waals surface area contributed by atoms with Gasteiger partial charge in [0.15, 0.2) is 0 Å². The van der Waals surface area contributed by atoms with Crippen molar-refractivity contribution in [3.05, 3.63) is 70.8 Å². The molecule has 0 heterocycles. The Kier molecular flexibility index (Phi) is 7.59. The molecule has 0 radical (unpaired) electrons. The molecule has 0 spiro atoms. The summed E-state index contributed by atoms with van der Waals surface area (Å²) in [5, 5.41) is 2.87. The minimum Gasteiger partial charge on any atom is -0.355 e. The van der Waals surface area contributed by atoms with Crippen molar-refractivity contribution in [2.24, 2.45) is 0 Å². The van der Waals surface area contributed by atoms with Crippen LogP contribution in [0.3, 0.4) is 0 Å². The molecule has 2 aromatic carbocycles. The molecular weight excluding hydrogens is 336 g/mol. The standard InChI is InChI=1S/C23H30N2O2/c1-5-21(23(27)24-6-2)25(16-20-13-8-7-11-18(20)4)22(26)15-19-12-9-10-17(3)14-19/h7-14,21H,5-6,15-16H2,1-4H3,(H,24,27). The maximum Gasteiger partial charge on any atom is 0.242 e. The molecule has 0 aliphatic heterocycles. The Morgan fingerprint density at radius 2 is 1.78 bits per heavy atom. The number of hydrogen-bond acceptors (Lipinski definition) is 2. The van der Waals surface area contributed by atoms with Crippen LogP contribution in [-0.2, 0) is 22.6 Å². The highest BCUT2D eigenvalue weighted by Gasteiger charge is 2.28. The molecule has 0 saturated heterocycles. The summed E-state index contributed by atoms with van der Waals surface area (Å²) < 4.78 is 0. The molecule has 0 aliphatic rings. The second-order valence-electron chi connectivity index (χ2n) is 6.93. The quantitative estimate of drug-likeness (QED) is 0.773. The van der Waals surface area contributed by atoms with Gasteiger partial charge in [-0.05, 0) is 43.9 Å². The molecule has 0 bridgehead atoms. The molecule has 2 amide bonds. The lowest BCUT2D eigenvalue weighted by molar-refractivity contribution is -0.140. The van der Waals surface area contributed by atoms with Crippen LogP contribution in [0, 0.1) is 13.8 Å². The normalized spacial score (nSPS) is 11.7. The van der Waals surface area contributed by atoms with Crippen molar-refractivity contribution in [1.29, 1.82) is 0 Å². The van der Waals surface area contributed by atoms with Gasteiger partial charge in [0, 0.05) is 13.1 Å². The van der Waals surface area contributed by atoms with E-state index in [-0.39, 0.29) is 11.8 Å². The van der Waals surface area contributed by atoms with Gasteiger partial charge < -0.3 is 10.2 Å². The van der Waals surface area contributed by atoms with Gasteiger partial charge in [0.1, 0.15) is 6.04 Å². The first-order chi connectivity index (χ1) is 13.0. The third kappa shape index (κ3) is 5.68. The molecule has 144 valence electrons. The van der Waals surface area contributed by atoms with Crippen LogP contribution in [0.4, 0.5) is 0 Å². The van der Waals surface area contributed by atoms with E-state index in [0.29, 0.717) is 25.9 Å². The zero-order chi connectivity index (χ0) is 19.8. The molecule has 0 aliphatic carbocycles. The topological polar surface area (TPSA) is 49.4 Å². The molecule has 0 aromatic heterocycles. The number of carbonyl (C=O) groups excluding carboxylic acids is 2. The van der Waals surface area contributed by atoms with Crippen molar-refractivity contribution in [3.63, 3.8) is 0 Å². The molecule has 4 nitrogen and oxygen atoms in total. The van der Waals surface area contributed by atoms with Gasteiger partial charge in [-0.2, -0.15) is 0 Å². The minimum absolute atomic E-state index is 0.0260. The molecule has 1 unspecified atom stereocenters. The van der Waals surface area contributed by atoms with Crippen LogP contribution in [0.15, 0.2) is 48.5 Å². The van der Waals surface area contributed by atoms with Gasteiger partial charge in [0.2, 0.25) is 11.8 Å². The van der Waals surface area contributed by atoms with Crippen molar-refractivity contribution in [2.75, 3.05) is 6.54 Å². The maximum absolute atomic E-state index is 13.2. The van der Waals surface area contributed by atoms with E-state index in [4.69, 9.17) is 0 Å². The first-order valence-corrected chi connectivity index (χ1v) is 9.63. The lowest BCUT2D eigenvalue weighted by Crippen LogP contribution is -2.49.